The van der Waals surface area contributed by atoms with Crippen LogP contribution in [0.15, 0.2) is 37.1 Å². The summed E-state index contributed by atoms with van der Waals surface area (Å²) in [5.74, 6) is 1.77. The molecule has 0 aliphatic carbocycles. The zero-order valence-electron chi connectivity index (χ0n) is 19.5. The molecule has 6 rings (SSSR count). The van der Waals surface area contributed by atoms with Crippen molar-refractivity contribution in [3.63, 3.8) is 0 Å². The van der Waals surface area contributed by atoms with Crippen molar-refractivity contribution < 1.29 is 14.6 Å². The topological polar surface area (TPSA) is 153 Å². The molecular weight excluding hydrogens is 464 g/mol. The van der Waals surface area contributed by atoms with Crippen LogP contribution in [0.4, 0.5) is 11.8 Å². The first-order valence-corrected chi connectivity index (χ1v) is 11.4. The second-order valence-electron chi connectivity index (χ2n) is 8.41. The highest BCUT2D eigenvalue weighted by atomic mass is 16.5. The Labute approximate surface area is 204 Å². The zero-order valence-corrected chi connectivity index (χ0v) is 19.5. The normalized spacial score (nSPS) is 17.6. The average Bonchev–Trinajstić information content (AvgIpc) is 3.66. The molecule has 1 fully saturated rings. The third-order valence-electron chi connectivity index (χ3n) is 6.24. The average molecular weight is 486 g/mol. The number of hydrogen-bond donors (Lipinski definition) is 2. The molecule has 0 saturated carbocycles. The lowest BCUT2D eigenvalue weighted by Gasteiger charge is -2.15. The summed E-state index contributed by atoms with van der Waals surface area (Å²) >= 11 is 0. The lowest BCUT2D eigenvalue weighted by Crippen LogP contribution is -2.24. The third-order valence-corrected chi connectivity index (χ3v) is 6.24. The molecule has 0 spiro atoms. The molecule has 0 amide bonds. The molecule has 0 bridgehead atoms. The summed E-state index contributed by atoms with van der Waals surface area (Å²) in [5.41, 5.74) is 2.81. The van der Waals surface area contributed by atoms with Crippen molar-refractivity contribution in [3.05, 3.63) is 48.3 Å². The van der Waals surface area contributed by atoms with E-state index in [1.54, 1.807) is 45.6 Å². The first-order chi connectivity index (χ1) is 17.6. The Morgan fingerprint density at radius 2 is 2.17 bits per heavy atom. The van der Waals surface area contributed by atoms with Crippen LogP contribution in [-0.2, 0) is 18.2 Å². The van der Waals surface area contributed by atoms with E-state index in [1.165, 1.54) is 6.20 Å². The molecule has 13 heteroatoms. The van der Waals surface area contributed by atoms with Crippen LogP contribution >= 0.6 is 0 Å². The molecule has 1 aliphatic heterocycles. The van der Waals surface area contributed by atoms with E-state index < -0.39 is 6.10 Å². The summed E-state index contributed by atoms with van der Waals surface area (Å²) in [6.07, 6.45) is 8.13. The molecule has 13 nitrogen and oxygen atoms in total. The van der Waals surface area contributed by atoms with Crippen molar-refractivity contribution in [1.29, 1.82) is 5.26 Å². The van der Waals surface area contributed by atoms with Crippen LogP contribution in [0, 0.1) is 11.3 Å². The van der Waals surface area contributed by atoms with E-state index in [1.807, 2.05) is 13.0 Å². The number of aromatic nitrogens is 8. The van der Waals surface area contributed by atoms with Gasteiger partial charge in [-0.05, 0) is 6.42 Å². The Kier molecular flexibility index (Phi) is 5.24. The highest BCUT2D eigenvalue weighted by molar-refractivity contribution is 5.84. The zero-order chi connectivity index (χ0) is 24.8. The number of nitrogens with one attached hydrogen (secondary N) is 1. The fourth-order valence-corrected chi connectivity index (χ4v) is 4.39. The molecule has 2 atom stereocenters. The third kappa shape index (κ3) is 3.51. The Balaban J connectivity index is 1.35. The molecule has 2 unspecified atom stereocenters. The summed E-state index contributed by atoms with van der Waals surface area (Å²) in [4.78, 5) is 13.1. The largest absolute Gasteiger partial charge is 0.450 e. The van der Waals surface area contributed by atoms with E-state index in [4.69, 9.17) is 9.47 Å². The number of imidazole rings is 1. The fraction of sp³-hybridized carbons (Fsp3) is 0.304. The second kappa shape index (κ2) is 8.59. The van der Waals surface area contributed by atoms with Crippen molar-refractivity contribution >= 4 is 28.4 Å². The van der Waals surface area contributed by atoms with E-state index >= 15 is 0 Å². The van der Waals surface area contributed by atoms with Crippen molar-refractivity contribution in [1.82, 2.24) is 38.9 Å². The first kappa shape index (κ1) is 22.0. The van der Waals surface area contributed by atoms with Gasteiger partial charge in [0.25, 0.3) is 0 Å². The second-order valence-corrected chi connectivity index (χ2v) is 8.41. The summed E-state index contributed by atoms with van der Waals surface area (Å²) in [5, 5.41) is 32.4. The van der Waals surface area contributed by atoms with Gasteiger partial charge in [-0.1, -0.05) is 6.92 Å². The molecule has 1 saturated heterocycles. The van der Waals surface area contributed by atoms with Gasteiger partial charge in [0, 0.05) is 31.2 Å². The van der Waals surface area contributed by atoms with E-state index in [0.29, 0.717) is 47.4 Å². The Hall–Kier alpha value is -4.54. The van der Waals surface area contributed by atoms with E-state index in [2.05, 4.69) is 36.5 Å². The van der Waals surface area contributed by atoms with Gasteiger partial charge in [-0.15, -0.1) is 0 Å². The molecule has 1 aliphatic rings. The standard InChI is InChI=1S/C23H22N10O3/c1-3-13-6-20(30-33(13)16-11-35-12-17(16)34)28-23-29-22-21(31(23)2)14(7-24)18(9-26-22)36-19-10-27-32-5-4-25-8-15(19)32/h4-6,8-10,16-17,34H,3,11-12H2,1-2H3,(H,26,28,29,30). The maximum absolute atomic E-state index is 10.3. The number of anilines is 2. The van der Waals surface area contributed by atoms with Crippen LogP contribution < -0.4 is 10.1 Å². The molecule has 182 valence electrons. The number of aryl methyl sites for hydroxylation is 2. The minimum atomic E-state index is -0.608. The van der Waals surface area contributed by atoms with E-state index in [0.717, 1.165) is 12.1 Å². The van der Waals surface area contributed by atoms with E-state index in [9.17, 15) is 10.4 Å². The summed E-state index contributed by atoms with van der Waals surface area (Å²) in [6, 6.07) is 3.90. The quantitative estimate of drug-likeness (QED) is 0.365. The van der Waals surface area contributed by atoms with Crippen LogP contribution in [0.3, 0.4) is 0 Å². The van der Waals surface area contributed by atoms with Crippen molar-refractivity contribution in [2.24, 2.45) is 7.05 Å². The Morgan fingerprint density at radius 1 is 1.28 bits per heavy atom. The maximum Gasteiger partial charge on any atom is 0.210 e. The van der Waals surface area contributed by atoms with Gasteiger partial charge in [0.2, 0.25) is 5.95 Å². The maximum atomic E-state index is 10.3. The molecule has 0 radical (unpaired) electrons. The van der Waals surface area contributed by atoms with Gasteiger partial charge in [-0.25, -0.2) is 9.50 Å². The number of fused-ring (bicyclic) bond motifs is 2. The van der Waals surface area contributed by atoms with Crippen LogP contribution in [0.5, 0.6) is 11.5 Å². The molecule has 5 aromatic heterocycles. The number of hydrogen-bond acceptors (Lipinski definition) is 10. The summed E-state index contributed by atoms with van der Waals surface area (Å²) in [6.45, 7) is 2.72. The van der Waals surface area contributed by atoms with Crippen LogP contribution in [0.25, 0.3) is 16.7 Å². The summed E-state index contributed by atoms with van der Waals surface area (Å²) < 4.78 is 16.6. The lowest BCUT2D eigenvalue weighted by atomic mass is 10.2. The number of nitriles is 1. The van der Waals surface area contributed by atoms with E-state index in [-0.39, 0.29) is 17.4 Å². The van der Waals surface area contributed by atoms with Crippen molar-refractivity contribution in [3.8, 4) is 17.6 Å². The Morgan fingerprint density at radius 3 is 2.94 bits per heavy atom. The fourth-order valence-electron chi connectivity index (χ4n) is 4.39. The van der Waals surface area contributed by atoms with Gasteiger partial charge >= 0.3 is 0 Å². The SMILES string of the molecule is CCc1cc(Nc2nc3ncc(Oc4cnn5ccncc45)c(C#N)c3n2C)nn1C1COCC1O. The molecular formula is C23H22N10O3. The van der Waals surface area contributed by atoms with Crippen molar-refractivity contribution in [2.45, 2.75) is 25.5 Å². The van der Waals surface area contributed by atoms with Crippen molar-refractivity contribution in [2.75, 3.05) is 18.5 Å². The Bertz CT molecular complexity index is 1630. The van der Waals surface area contributed by atoms with Gasteiger partial charge in [-0.3, -0.25) is 9.67 Å². The molecule has 6 heterocycles. The number of pyridine rings is 1. The van der Waals surface area contributed by atoms with Crippen LogP contribution in [-0.4, -0.2) is 63.3 Å². The number of aliphatic hydroxyl groups is 1. The lowest BCUT2D eigenvalue weighted by molar-refractivity contribution is 0.117. The van der Waals surface area contributed by atoms with Gasteiger partial charge in [0.1, 0.15) is 34.8 Å². The van der Waals surface area contributed by atoms with Gasteiger partial charge in [0.05, 0.1) is 31.8 Å². The minimum absolute atomic E-state index is 0.238. The minimum Gasteiger partial charge on any atom is -0.450 e. The molecule has 0 aromatic carbocycles. The number of rotatable bonds is 6. The smallest absolute Gasteiger partial charge is 0.210 e. The number of ether oxygens (including phenoxy) is 2. The van der Waals surface area contributed by atoms with Gasteiger partial charge in [-0.2, -0.15) is 20.4 Å². The highest BCUT2D eigenvalue weighted by Crippen LogP contribution is 2.33. The predicted molar refractivity (Wildman–Crippen MR) is 127 cm³/mol. The van der Waals surface area contributed by atoms with Gasteiger partial charge < -0.3 is 24.5 Å². The van der Waals surface area contributed by atoms with Crippen LogP contribution in [0.2, 0.25) is 0 Å². The van der Waals surface area contributed by atoms with Crippen LogP contribution in [0.1, 0.15) is 24.2 Å². The molecule has 2 N–H and O–H groups in total. The number of aliphatic hydroxyl groups excluding tert-OH is 1. The predicted octanol–water partition coefficient (Wildman–Crippen LogP) is 2.11. The monoisotopic (exact) mass is 486 g/mol. The first-order valence-electron chi connectivity index (χ1n) is 11.4. The molecule has 36 heavy (non-hydrogen) atoms. The molecule has 5 aromatic rings. The summed E-state index contributed by atoms with van der Waals surface area (Å²) in [7, 11) is 1.79. The number of nitrogens with zero attached hydrogens (tertiary/aromatic N) is 9. The van der Waals surface area contributed by atoms with Gasteiger partial charge in [0.15, 0.2) is 23.0 Å². The highest BCUT2D eigenvalue weighted by Gasteiger charge is 2.30.